The lowest BCUT2D eigenvalue weighted by Gasteiger charge is -2.22. The van der Waals surface area contributed by atoms with Gasteiger partial charge in [0.2, 0.25) is 5.91 Å². The number of hydrogen-bond acceptors (Lipinski definition) is 3. The van der Waals surface area contributed by atoms with Gasteiger partial charge < -0.3 is 20.9 Å². The van der Waals surface area contributed by atoms with E-state index in [4.69, 9.17) is 0 Å². The van der Waals surface area contributed by atoms with E-state index in [0.29, 0.717) is 12.0 Å². The van der Waals surface area contributed by atoms with Crippen LogP contribution in [0.3, 0.4) is 0 Å². The van der Waals surface area contributed by atoms with Gasteiger partial charge >= 0.3 is 0 Å². The molecule has 1 aromatic rings. The molecule has 1 aliphatic carbocycles. The molecule has 7 heteroatoms. The molecule has 2 fully saturated rings. The number of nitrogens with zero attached hydrogens (tertiary/aromatic N) is 2. The lowest BCUT2D eigenvalue weighted by Crippen LogP contribution is -2.40. The largest absolute Gasteiger partial charge is 0.372 e. The van der Waals surface area contributed by atoms with Crippen molar-refractivity contribution >= 4 is 41.5 Å². The second kappa shape index (κ2) is 10.7. The van der Waals surface area contributed by atoms with E-state index < -0.39 is 0 Å². The standard InChI is InChI=1S/C20H31N5O.HI/c1-3-21-20(22-14-19(26)24-17-9-10-17)23-15(2)16-7-6-8-18(13-16)25-11-4-5-12-25;/h6-8,13,15,17H,3-5,9-12,14H2,1-2H3,(H,24,26)(H2,21,22,23);1H. The van der Waals surface area contributed by atoms with Crippen LogP contribution in [0, 0.1) is 0 Å². The van der Waals surface area contributed by atoms with Crippen LogP contribution < -0.4 is 20.9 Å². The predicted octanol–water partition coefficient (Wildman–Crippen LogP) is 2.80. The molecular weight excluding hydrogens is 453 g/mol. The quantitative estimate of drug-likeness (QED) is 0.316. The number of benzene rings is 1. The van der Waals surface area contributed by atoms with Crippen molar-refractivity contribution in [1.29, 1.82) is 0 Å². The van der Waals surface area contributed by atoms with Crippen LogP contribution in [-0.2, 0) is 4.79 Å². The Labute approximate surface area is 179 Å². The Kier molecular flexibility index (Phi) is 8.66. The van der Waals surface area contributed by atoms with Gasteiger partial charge in [-0.3, -0.25) is 4.79 Å². The second-order valence-corrected chi connectivity index (χ2v) is 7.19. The van der Waals surface area contributed by atoms with Gasteiger partial charge in [0.1, 0.15) is 6.54 Å². The topological polar surface area (TPSA) is 68.8 Å². The molecule has 6 nitrogen and oxygen atoms in total. The monoisotopic (exact) mass is 485 g/mol. The Balaban J connectivity index is 0.00000261. The van der Waals surface area contributed by atoms with Crippen molar-refractivity contribution in [3.05, 3.63) is 29.8 Å². The minimum absolute atomic E-state index is 0. The minimum atomic E-state index is -0.00612. The van der Waals surface area contributed by atoms with Gasteiger partial charge in [0.15, 0.2) is 5.96 Å². The lowest BCUT2D eigenvalue weighted by atomic mass is 10.1. The van der Waals surface area contributed by atoms with Crippen LogP contribution in [0.15, 0.2) is 29.3 Å². The van der Waals surface area contributed by atoms with Gasteiger partial charge in [-0.25, -0.2) is 4.99 Å². The summed E-state index contributed by atoms with van der Waals surface area (Å²) in [5.74, 6) is 0.672. The number of anilines is 1. The molecule has 0 bridgehead atoms. The average molecular weight is 485 g/mol. The first kappa shape index (κ1) is 21.8. The third-order valence-corrected chi connectivity index (χ3v) is 4.86. The Morgan fingerprint density at radius 3 is 2.70 bits per heavy atom. The molecule has 27 heavy (non-hydrogen) atoms. The molecule has 1 amide bonds. The molecular formula is C20H32IN5O. The van der Waals surface area contributed by atoms with Gasteiger partial charge in [-0.2, -0.15) is 0 Å². The maximum atomic E-state index is 11.9. The van der Waals surface area contributed by atoms with E-state index in [0.717, 1.165) is 32.5 Å². The zero-order valence-corrected chi connectivity index (χ0v) is 18.7. The van der Waals surface area contributed by atoms with Crippen LogP contribution in [0.4, 0.5) is 5.69 Å². The molecule has 3 N–H and O–H groups in total. The fourth-order valence-corrected chi connectivity index (χ4v) is 3.23. The van der Waals surface area contributed by atoms with Crippen molar-refractivity contribution in [3.8, 4) is 0 Å². The van der Waals surface area contributed by atoms with Crippen molar-refractivity contribution < 1.29 is 4.79 Å². The summed E-state index contributed by atoms with van der Waals surface area (Å²) in [5.41, 5.74) is 2.52. The molecule has 0 radical (unpaired) electrons. The average Bonchev–Trinajstić information content (AvgIpc) is 3.28. The van der Waals surface area contributed by atoms with Crippen LogP contribution in [0.2, 0.25) is 0 Å². The van der Waals surface area contributed by atoms with Gasteiger partial charge in [0.05, 0.1) is 6.04 Å². The number of hydrogen-bond donors (Lipinski definition) is 3. The molecule has 1 saturated heterocycles. The molecule has 0 spiro atoms. The summed E-state index contributed by atoms with van der Waals surface area (Å²) in [4.78, 5) is 18.7. The first-order valence-electron chi connectivity index (χ1n) is 9.85. The van der Waals surface area contributed by atoms with Gasteiger partial charge in [-0.15, -0.1) is 24.0 Å². The summed E-state index contributed by atoms with van der Waals surface area (Å²) in [7, 11) is 0. The van der Waals surface area contributed by atoms with Gasteiger partial charge in [0, 0.05) is 31.4 Å². The number of rotatable bonds is 7. The normalized spacial score (nSPS) is 17.9. The summed E-state index contributed by atoms with van der Waals surface area (Å²) in [6.07, 6.45) is 4.74. The SMILES string of the molecule is CCNC(=NCC(=O)NC1CC1)NC(C)c1cccc(N2CCCC2)c1.I. The highest BCUT2D eigenvalue weighted by Crippen LogP contribution is 2.24. The zero-order chi connectivity index (χ0) is 18.4. The van der Waals surface area contributed by atoms with Crippen LogP contribution in [0.1, 0.15) is 51.1 Å². The van der Waals surface area contributed by atoms with Crippen molar-refractivity contribution in [2.45, 2.75) is 51.6 Å². The Morgan fingerprint density at radius 1 is 1.30 bits per heavy atom. The fourth-order valence-electron chi connectivity index (χ4n) is 3.23. The highest BCUT2D eigenvalue weighted by Gasteiger charge is 2.23. The fraction of sp³-hybridized carbons (Fsp3) is 0.600. The number of nitrogens with one attached hydrogen (secondary N) is 3. The molecule has 1 saturated carbocycles. The predicted molar refractivity (Wildman–Crippen MR) is 122 cm³/mol. The van der Waals surface area contributed by atoms with Crippen molar-refractivity contribution in [2.75, 3.05) is 31.1 Å². The van der Waals surface area contributed by atoms with Crippen molar-refractivity contribution in [2.24, 2.45) is 4.99 Å². The molecule has 1 unspecified atom stereocenters. The summed E-state index contributed by atoms with van der Waals surface area (Å²) in [6.45, 7) is 7.36. The summed E-state index contributed by atoms with van der Waals surface area (Å²) in [5, 5.41) is 9.61. The number of carbonyl (C=O) groups excluding carboxylic acids is 1. The van der Waals surface area contributed by atoms with Crippen molar-refractivity contribution in [1.82, 2.24) is 16.0 Å². The van der Waals surface area contributed by atoms with Crippen LogP contribution in [0.25, 0.3) is 0 Å². The van der Waals surface area contributed by atoms with Gasteiger partial charge in [-0.1, -0.05) is 12.1 Å². The smallest absolute Gasteiger partial charge is 0.242 e. The summed E-state index contributed by atoms with van der Waals surface area (Å²) in [6, 6.07) is 9.19. The number of halogens is 1. The molecule has 1 heterocycles. The Hall–Kier alpha value is -1.51. The lowest BCUT2D eigenvalue weighted by molar-refractivity contribution is -0.119. The van der Waals surface area contributed by atoms with E-state index in [1.54, 1.807) is 0 Å². The number of guanidine groups is 1. The maximum Gasteiger partial charge on any atom is 0.242 e. The third-order valence-electron chi connectivity index (χ3n) is 4.86. The van der Waals surface area contributed by atoms with E-state index in [1.165, 1.54) is 24.1 Å². The van der Waals surface area contributed by atoms with Gasteiger partial charge in [0.25, 0.3) is 0 Å². The van der Waals surface area contributed by atoms with Gasteiger partial charge in [-0.05, 0) is 57.2 Å². The van der Waals surface area contributed by atoms with E-state index in [1.807, 2.05) is 6.92 Å². The van der Waals surface area contributed by atoms with E-state index in [9.17, 15) is 4.79 Å². The molecule has 0 aromatic heterocycles. The number of aliphatic imine (C=N–C) groups is 1. The van der Waals surface area contributed by atoms with Crippen LogP contribution in [0.5, 0.6) is 0 Å². The Morgan fingerprint density at radius 2 is 2.04 bits per heavy atom. The zero-order valence-electron chi connectivity index (χ0n) is 16.3. The summed E-state index contributed by atoms with van der Waals surface area (Å²) < 4.78 is 0. The van der Waals surface area contributed by atoms with E-state index in [2.05, 4.69) is 57.0 Å². The van der Waals surface area contributed by atoms with E-state index in [-0.39, 0.29) is 42.5 Å². The molecule has 1 atom stereocenters. The third kappa shape index (κ3) is 6.86. The molecule has 1 aromatic carbocycles. The number of carbonyl (C=O) groups is 1. The van der Waals surface area contributed by atoms with Crippen LogP contribution >= 0.6 is 24.0 Å². The molecule has 150 valence electrons. The molecule has 2 aliphatic rings. The maximum absolute atomic E-state index is 11.9. The first-order chi connectivity index (χ1) is 12.7. The minimum Gasteiger partial charge on any atom is -0.372 e. The first-order valence-corrected chi connectivity index (χ1v) is 9.85. The summed E-state index contributed by atoms with van der Waals surface area (Å²) >= 11 is 0. The number of amides is 1. The second-order valence-electron chi connectivity index (χ2n) is 7.19. The van der Waals surface area contributed by atoms with Crippen LogP contribution in [-0.4, -0.2) is 44.1 Å². The van der Waals surface area contributed by atoms with Crippen molar-refractivity contribution in [3.63, 3.8) is 0 Å². The molecule has 3 rings (SSSR count). The Bertz CT molecular complexity index is 641. The van der Waals surface area contributed by atoms with E-state index >= 15 is 0 Å². The highest BCUT2D eigenvalue weighted by atomic mass is 127. The highest BCUT2D eigenvalue weighted by molar-refractivity contribution is 14.0. The molecule has 1 aliphatic heterocycles.